The molecule has 2 heterocycles. The molecule has 0 saturated carbocycles. The van der Waals surface area contributed by atoms with E-state index in [0.29, 0.717) is 6.54 Å². The molecular formula is C24H29N3O2S. The standard InChI is InChI=1S/C24H29N3O2S/c28-23(12-13-24(29)27-15-16-30-22-11-5-4-10-21(22)27)25-20-9-6-14-26(18-20)17-19-7-2-1-3-8-19/h1-5,7-8,10-11,20H,6,9,12-18H2,(H,25,28). The van der Waals surface area contributed by atoms with Gasteiger partial charge in [-0.05, 0) is 37.1 Å². The number of hydrogen-bond donors (Lipinski definition) is 1. The number of amides is 2. The minimum atomic E-state index is -0.0189. The van der Waals surface area contributed by atoms with E-state index in [0.717, 1.165) is 48.8 Å². The van der Waals surface area contributed by atoms with E-state index in [2.05, 4.69) is 40.5 Å². The van der Waals surface area contributed by atoms with Crippen molar-refractivity contribution >= 4 is 29.3 Å². The summed E-state index contributed by atoms with van der Waals surface area (Å²) in [7, 11) is 0. The Hall–Kier alpha value is -2.31. The molecule has 1 saturated heterocycles. The van der Waals surface area contributed by atoms with Gasteiger partial charge in [-0.2, -0.15) is 0 Å². The summed E-state index contributed by atoms with van der Waals surface area (Å²) in [6.45, 7) is 3.55. The van der Waals surface area contributed by atoms with Crippen LogP contribution in [-0.2, 0) is 16.1 Å². The van der Waals surface area contributed by atoms with Gasteiger partial charge >= 0.3 is 0 Å². The Kier molecular flexibility index (Phi) is 7.07. The molecule has 1 N–H and O–H groups in total. The van der Waals surface area contributed by atoms with Crippen LogP contribution in [0.2, 0.25) is 0 Å². The van der Waals surface area contributed by atoms with E-state index in [1.165, 1.54) is 5.56 Å². The van der Waals surface area contributed by atoms with E-state index in [4.69, 9.17) is 0 Å². The molecule has 30 heavy (non-hydrogen) atoms. The van der Waals surface area contributed by atoms with Crippen LogP contribution >= 0.6 is 11.8 Å². The maximum atomic E-state index is 12.7. The van der Waals surface area contributed by atoms with Crippen LogP contribution in [-0.4, -0.2) is 48.1 Å². The molecule has 2 aromatic rings. The van der Waals surface area contributed by atoms with E-state index in [1.807, 2.05) is 29.2 Å². The van der Waals surface area contributed by atoms with Gasteiger partial charge < -0.3 is 10.2 Å². The molecule has 158 valence electrons. The Morgan fingerprint density at radius 1 is 1.00 bits per heavy atom. The van der Waals surface area contributed by atoms with E-state index in [1.54, 1.807) is 11.8 Å². The monoisotopic (exact) mass is 423 g/mol. The van der Waals surface area contributed by atoms with Crippen LogP contribution in [0.25, 0.3) is 0 Å². The Bertz CT molecular complexity index is 874. The Balaban J connectivity index is 1.24. The normalized spacial score (nSPS) is 19.2. The van der Waals surface area contributed by atoms with Gasteiger partial charge in [-0.1, -0.05) is 42.5 Å². The molecule has 0 radical (unpaired) electrons. The minimum Gasteiger partial charge on any atom is -0.352 e. The second-order valence-corrected chi connectivity index (χ2v) is 9.13. The molecule has 2 amide bonds. The third-order valence-corrected chi connectivity index (χ3v) is 6.76. The van der Waals surface area contributed by atoms with Crippen LogP contribution in [0, 0.1) is 0 Å². The van der Waals surface area contributed by atoms with Crippen molar-refractivity contribution in [2.75, 3.05) is 30.3 Å². The molecule has 1 fully saturated rings. The van der Waals surface area contributed by atoms with Crippen molar-refractivity contribution in [1.82, 2.24) is 10.2 Å². The molecule has 1 unspecified atom stereocenters. The van der Waals surface area contributed by atoms with E-state index in [-0.39, 0.29) is 30.7 Å². The summed E-state index contributed by atoms with van der Waals surface area (Å²) < 4.78 is 0. The number of anilines is 1. The molecule has 6 heteroatoms. The maximum absolute atomic E-state index is 12.7. The summed E-state index contributed by atoms with van der Waals surface area (Å²) in [6, 6.07) is 18.6. The molecular weight excluding hydrogens is 394 g/mol. The summed E-state index contributed by atoms with van der Waals surface area (Å²) in [6.07, 6.45) is 2.59. The van der Waals surface area contributed by atoms with Crippen LogP contribution in [0.3, 0.4) is 0 Å². The first-order chi connectivity index (χ1) is 14.7. The van der Waals surface area contributed by atoms with Gasteiger partial charge in [0.2, 0.25) is 11.8 Å². The largest absolute Gasteiger partial charge is 0.352 e. The lowest BCUT2D eigenvalue weighted by Gasteiger charge is -2.33. The van der Waals surface area contributed by atoms with Crippen molar-refractivity contribution in [1.29, 1.82) is 0 Å². The zero-order valence-corrected chi connectivity index (χ0v) is 18.1. The number of nitrogens with zero attached hydrogens (tertiary/aromatic N) is 2. The molecule has 2 aliphatic heterocycles. The first-order valence-corrected chi connectivity index (χ1v) is 11.8. The number of nitrogens with one attached hydrogen (secondary N) is 1. The van der Waals surface area contributed by atoms with Gasteiger partial charge in [-0.25, -0.2) is 0 Å². The number of para-hydroxylation sites is 1. The van der Waals surface area contributed by atoms with Gasteiger partial charge in [0, 0.05) is 49.2 Å². The number of piperidine rings is 1. The van der Waals surface area contributed by atoms with Crippen LogP contribution < -0.4 is 10.2 Å². The van der Waals surface area contributed by atoms with Crippen LogP contribution in [0.4, 0.5) is 5.69 Å². The van der Waals surface area contributed by atoms with Gasteiger partial charge in [0.15, 0.2) is 0 Å². The lowest BCUT2D eigenvalue weighted by atomic mass is 10.0. The molecule has 0 aromatic heterocycles. The first-order valence-electron chi connectivity index (χ1n) is 10.8. The third-order valence-electron chi connectivity index (χ3n) is 5.72. The summed E-state index contributed by atoms with van der Waals surface area (Å²) >= 11 is 1.78. The van der Waals surface area contributed by atoms with Gasteiger partial charge in [-0.3, -0.25) is 14.5 Å². The number of fused-ring (bicyclic) bond motifs is 1. The molecule has 2 aliphatic rings. The van der Waals surface area contributed by atoms with E-state index in [9.17, 15) is 9.59 Å². The topological polar surface area (TPSA) is 52.7 Å². The van der Waals surface area contributed by atoms with Crippen molar-refractivity contribution in [2.24, 2.45) is 0 Å². The number of benzene rings is 2. The minimum absolute atomic E-state index is 0.0189. The Morgan fingerprint density at radius 3 is 2.67 bits per heavy atom. The van der Waals surface area contributed by atoms with Crippen molar-refractivity contribution in [3.05, 3.63) is 60.2 Å². The molecule has 4 rings (SSSR count). The number of thioether (sulfide) groups is 1. The number of carbonyl (C=O) groups is 2. The highest BCUT2D eigenvalue weighted by atomic mass is 32.2. The second kappa shape index (κ2) is 10.1. The summed E-state index contributed by atoms with van der Waals surface area (Å²) in [5.74, 6) is 0.913. The van der Waals surface area contributed by atoms with Gasteiger partial charge in [0.05, 0.1) is 5.69 Å². The van der Waals surface area contributed by atoms with E-state index >= 15 is 0 Å². The van der Waals surface area contributed by atoms with Crippen molar-refractivity contribution < 1.29 is 9.59 Å². The second-order valence-electron chi connectivity index (χ2n) is 7.99. The molecule has 5 nitrogen and oxygen atoms in total. The number of rotatable bonds is 6. The summed E-state index contributed by atoms with van der Waals surface area (Å²) in [5.41, 5.74) is 2.28. The van der Waals surface area contributed by atoms with Crippen LogP contribution in [0.15, 0.2) is 59.5 Å². The zero-order chi connectivity index (χ0) is 20.8. The lowest BCUT2D eigenvalue weighted by molar-refractivity contribution is -0.126. The average Bonchev–Trinajstić information content (AvgIpc) is 2.78. The van der Waals surface area contributed by atoms with Crippen LogP contribution in [0.1, 0.15) is 31.2 Å². The highest BCUT2D eigenvalue weighted by Crippen LogP contribution is 2.34. The van der Waals surface area contributed by atoms with E-state index < -0.39 is 0 Å². The summed E-state index contributed by atoms with van der Waals surface area (Å²) in [5, 5.41) is 3.16. The molecule has 0 aliphatic carbocycles. The maximum Gasteiger partial charge on any atom is 0.227 e. The van der Waals surface area contributed by atoms with Crippen molar-refractivity contribution in [3.8, 4) is 0 Å². The molecule has 0 spiro atoms. The highest BCUT2D eigenvalue weighted by Gasteiger charge is 2.24. The molecule has 2 aromatic carbocycles. The van der Waals surface area contributed by atoms with Gasteiger partial charge in [0.1, 0.15) is 0 Å². The number of carbonyl (C=O) groups excluding carboxylic acids is 2. The average molecular weight is 424 g/mol. The molecule has 1 atom stereocenters. The number of hydrogen-bond acceptors (Lipinski definition) is 4. The van der Waals surface area contributed by atoms with Crippen molar-refractivity contribution in [2.45, 2.75) is 43.2 Å². The third kappa shape index (κ3) is 5.43. The fraction of sp³-hybridized carbons (Fsp3) is 0.417. The SMILES string of the molecule is O=C(CCC(=O)N1CCSc2ccccc21)NC1CCCN(Cc2ccccc2)C1. The number of likely N-dealkylation sites (tertiary alicyclic amines) is 1. The predicted molar refractivity (Wildman–Crippen MR) is 122 cm³/mol. The predicted octanol–water partition coefficient (Wildman–Crippen LogP) is 3.69. The van der Waals surface area contributed by atoms with Crippen molar-refractivity contribution in [3.63, 3.8) is 0 Å². The zero-order valence-electron chi connectivity index (χ0n) is 17.3. The fourth-order valence-electron chi connectivity index (χ4n) is 4.24. The van der Waals surface area contributed by atoms with Gasteiger partial charge in [0.25, 0.3) is 0 Å². The Labute approximate surface area is 182 Å². The Morgan fingerprint density at radius 2 is 1.80 bits per heavy atom. The quantitative estimate of drug-likeness (QED) is 0.770. The molecule has 0 bridgehead atoms. The van der Waals surface area contributed by atoms with Gasteiger partial charge in [-0.15, -0.1) is 11.8 Å². The summed E-state index contributed by atoms with van der Waals surface area (Å²) in [4.78, 5) is 30.6. The smallest absolute Gasteiger partial charge is 0.227 e. The fourth-order valence-corrected chi connectivity index (χ4v) is 5.24. The van der Waals surface area contributed by atoms with Crippen LogP contribution in [0.5, 0.6) is 0 Å². The lowest BCUT2D eigenvalue weighted by Crippen LogP contribution is -2.47. The highest BCUT2D eigenvalue weighted by molar-refractivity contribution is 7.99. The first kappa shape index (κ1) is 20.9.